The van der Waals surface area contributed by atoms with Crippen molar-refractivity contribution in [2.45, 2.75) is 20.3 Å². The van der Waals surface area contributed by atoms with Crippen LogP contribution in [-0.4, -0.2) is 19.2 Å². The van der Waals surface area contributed by atoms with Gasteiger partial charge >= 0.3 is 0 Å². The third-order valence-electron chi connectivity index (χ3n) is 3.82. The summed E-state index contributed by atoms with van der Waals surface area (Å²) in [5, 5.41) is 3.46. The van der Waals surface area contributed by atoms with Crippen LogP contribution in [0.3, 0.4) is 0 Å². The van der Waals surface area contributed by atoms with Crippen molar-refractivity contribution in [2.75, 3.05) is 16.8 Å². The van der Waals surface area contributed by atoms with E-state index in [-0.39, 0.29) is 5.91 Å². The number of nitrogens with one attached hydrogen (secondary N) is 1. The van der Waals surface area contributed by atoms with E-state index in [0.717, 1.165) is 24.4 Å². The van der Waals surface area contributed by atoms with Crippen LogP contribution in [0.15, 0.2) is 77.6 Å². The second kappa shape index (κ2) is 10.3. The van der Waals surface area contributed by atoms with E-state index in [2.05, 4.69) is 28.9 Å². The SMILES string of the molecule is C=NC=C(C=CC)N(CCC)c1cccc(NC(=O)c2cccc(Cl)c2)c1. The second-order valence-electron chi connectivity index (χ2n) is 5.90. The zero-order valence-corrected chi connectivity index (χ0v) is 16.4. The number of amides is 1. The van der Waals surface area contributed by atoms with Crippen molar-refractivity contribution in [3.05, 3.63) is 83.2 Å². The van der Waals surface area contributed by atoms with Gasteiger partial charge in [-0.3, -0.25) is 9.79 Å². The lowest BCUT2D eigenvalue weighted by Crippen LogP contribution is -2.22. The van der Waals surface area contributed by atoms with Crippen molar-refractivity contribution in [3.8, 4) is 0 Å². The van der Waals surface area contributed by atoms with E-state index in [9.17, 15) is 4.79 Å². The Kier molecular flexibility index (Phi) is 7.83. The van der Waals surface area contributed by atoms with E-state index >= 15 is 0 Å². The van der Waals surface area contributed by atoms with E-state index < -0.39 is 0 Å². The molecule has 0 fully saturated rings. The summed E-state index contributed by atoms with van der Waals surface area (Å²) in [4.78, 5) is 18.5. The van der Waals surface area contributed by atoms with Gasteiger partial charge in [-0.05, 0) is 62.5 Å². The number of anilines is 2. The molecule has 1 amide bonds. The molecule has 140 valence electrons. The molecule has 0 saturated heterocycles. The number of allylic oxidation sites excluding steroid dienone is 2. The highest BCUT2D eigenvalue weighted by molar-refractivity contribution is 6.31. The predicted octanol–water partition coefficient (Wildman–Crippen LogP) is 5.93. The second-order valence-corrected chi connectivity index (χ2v) is 6.34. The Balaban J connectivity index is 2.29. The Morgan fingerprint density at radius 1 is 1.26 bits per heavy atom. The minimum absolute atomic E-state index is 0.200. The molecular weight excluding hydrogens is 358 g/mol. The van der Waals surface area contributed by atoms with Crippen LogP contribution in [0.4, 0.5) is 11.4 Å². The molecule has 2 rings (SSSR count). The Morgan fingerprint density at radius 2 is 2.04 bits per heavy atom. The van der Waals surface area contributed by atoms with Crippen molar-refractivity contribution in [3.63, 3.8) is 0 Å². The third-order valence-corrected chi connectivity index (χ3v) is 4.06. The minimum atomic E-state index is -0.200. The van der Waals surface area contributed by atoms with E-state index in [1.807, 2.05) is 43.3 Å². The molecule has 0 spiro atoms. The number of halogens is 1. The average molecular weight is 382 g/mol. The molecule has 27 heavy (non-hydrogen) atoms. The zero-order valence-electron chi connectivity index (χ0n) is 15.7. The number of carbonyl (C=O) groups is 1. The van der Waals surface area contributed by atoms with E-state index in [1.165, 1.54) is 0 Å². The maximum absolute atomic E-state index is 12.5. The van der Waals surface area contributed by atoms with Gasteiger partial charge < -0.3 is 10.2 Å². The van der Waals surface area contributed by atoms with Gasteiger partial charge in [0.15, 0.2) is 0 Å². The first kappa shape index (κ1) is 20.5. The smallest absolute Gasteiger partial charge is 0.255 e. The predicted molar refractivity (Wildman–Crippen MR) is 116 cm³/mol. The highest BCUT2D eigenvalue weighted by Gasteiger charge is 2.12. The topological polar surface area (TPSA) is 44.7 Å². The van der Waals surface area contributed by atoms with Crippen LogP contribution in [0.2, 0.25) is 5.02 Å². The first-order valence-corrected chi connectivity index (χ1v) is 9.20. The molecule has 0 radical (unpaired) electrons. The summed E-state index contributed by atoms with van der Waals surface area (Å²) in [6, 6.07) is 14.6. The fraction of sp³-hybridized carbons (Fsp3) is 0.182. The van der Waals surface area contributed by atoms with Gasteiger partial charge in [0.2, 0.25) is 0 Å². The summed E-state index contributed by atoms with van der Waals surface area (Å²) in [6.07, 6.45) is 6.64. The lowest BCUT2D eigenvalue weighted by Gasteiger charge is -2.25. The number of nitrogens with zero attached hydrogens (tertiary/aromatic N) is 2. The summed E-state index contributed by atoms with van der Waals surface area (Å²) in [5.41, 5.74) is 3.13. The maximum atomic E-state index is 12.5. The van der Waals surface area contributed by atoms with Crippen LogP contribution in [0, 0.1) is 0 Å². The highest BCUT2D eigenvalue weighted by Crippen LogP contribution is 2.25. The van der Waals surface area contributed by atoms with Crippen LogP contribution in [0.5, 0.6) is 0 Å². The number of hydrogen-bond acceptors (Lipinski definition) is 3. The lowest BCUT2D eigenvalue weighted by molar-refractivity contribution is 0.102. The van der Waals surface area contributed by atoms with Crippen LogP contribution < -0.4 is 10.2 Å². The highest BCUT2D eigenvalue weighted by atomic mass is 35.5. The fourth-order valence-electron chi connectivity index (χ4n) is 2.68. The Bertz CT molecular complexity index is 858. The first-order chi connectivity index (χ1) is 13.1. The molecule has 0 bridgehead atoms. The lowest BCUT2D eigenvalue weighted by atomic mass is 10.2. The van der Waals surface area contributed by atoms with Crippen LogP contribution >= 0.6 is 11.6 Å². The van der Waals surface area contributed by atoms with Crippen LogP contribution in [0.1, 0.15) is 30.6 Å². The van der Waals surface area contributed by atoms with E-state index in [0.29, 0.717) is 16.3 Å². The van der Waals surface area contributed by atoms with Gasteiger partial charge in [-0.25, -0.2) is 0 Å². The molecular formula is C22H24ClN3O. The van der Waals surface area contributed by atoms with Gasteiger partial charge in [0.1, 0.15) is 0 Å². The minimum Gasteiger partial charge on any atom is -0.340 e. The summed E-state index contributed by atoms with van der Waals surface area (Å²) in [5.74, 6) is -0.200. The van der Waals surface area contributed by atoms with Crippen molar-refractivity contribution in [2.24, 2.45) is 4.99 Å². The molecule has 2 aromatic rings. The van der Waals surface area contributed by atoms with Crippen molar-refractivity contribution < 1.29 is 4.79 Å². The molecule has 0 unspecified atom stereocenters. The van der Waals surface area contributed by atoms with Gasteiger partial charge in [0, 0.05) is 34.7 Å². The molecule has 0 aliphatic rings. The average Bonchev–Trinajstić information content (AvgIpc) is 2.66. The van der Waals surface area contributed by atoms with Gasteiger partial charge in [0.25, 0.3) is 5.91 Å². The maximum Gasteiger partial charge on any atom is 0.255 e. The van der Waals surface area contributed by atoms with Crippen LogP contribution in [-0.2, 0) is 0 Å². The zero-order chi connectivity index (χ0) is 19.6. The monoisotopic (exact) mass is 381 g/mol. The molecule has 0 heterocycles. The summed E-state index contributed by atoms with van der Waals surface area (Å²) >= 11 is 5.97. The van der Waals surface area contributed by atoms with Gasteiger partial charge in [-0.2, -0.15) is 0 Å². The molecule has 1 N–H and O–H groups in total. The molecule has 0 aliphatic carbocycles. The van der Waals surface area contributed by atoms with Gasteiger partial charge in [-0.1, -0.05) is 36.7 Å². The standard InChI is InChI=1S/C22H24ClN3O/c1-4-8-21(16-24-3)26(13-5-2)20-12-7-11-19(15-20)25-22(27)17-9-6-10-18(23)14-17/h4,6-12,14-16H,3,5,13H2,1-2H3,(H,25,27). The van der Waals surface area contributed by atoms with Crippen molar-refractivity contribution >= 4 is 35.6 Å². The molecule has 0 aromatic heterocycles. The third kappa shape index (κ3) is 5.83. The Hall–Kier alpha value is -2.85. The summed E-state index contributed by atoms with van der Waals surface area (Å²) in [6.45, 7) is 8.46. The summed E-state index contributed by atoms with van der Waals surface area (Å²) in [7, 11) is 0. The fourth-order valence-corrected chi connectivity index (χ4v) is 2.87. The van der Waals surface area contributed by atoms with Crippen molar-refractivity contribution in [1.82, 2.24) is 0 Å². The molecule has 0 saturated carbocycles. The number of aliphatic imine (C=N–C) groups is 1. The Morgan fingerprint density at radius 3 is 2.70 bits per heavy atom. The largest absolute Gasteiger partial charge is 0.340 e. The number of hydrogen-bond donors (Lipinski definition) is 1. The first-order valence-electron chi connectivity index (χ1n) is 8.82. The number of benzene rings is 2. The van der Waals surface area contributed by atoms with E-state index in [4.69, 9.17) is 11.6 Å². The van der Waals surface area contributed by atoms with Crippen molar-refractivity contribution in [1.29, 1.82) is 0 Å². The number of carbonyl (C=O) groups excluding carboxylic acids is 1. The quantitative estimate of drug-likeness (QED) is 0.455. The molecule has 0 aliphatic heterocycles. The normalized spacial score (nSPS) is 11.4. The van der Waals surface area contributed by atoms with Crippen LogP contribution in [0.25, 0.3) is 0 Å². The van der Waals surface area contributed by atoms with Gasteiger partial charge in [-0.15, -0.1) is 0 Å². The molecule has 2 aromatic carbocycles. The number of rotatable bonds is 8. The molecule has 0 atom stereocenters. The van der Waals surface area contributed by atoms with Gasteiger partial charge in [0.05, 0.1) is 5.70 Å². The summed E-state index contributed by atoms with van der Waals surface area (Å²) < 4.78 is 0. The Labute approximate surface area is 165 Å². The van der Waals surface area contributed by atoms with E-state index in [1.54, 1.807) is 30.5 Å². The molecule has 4 nitrogen and oxygen atoms in total. The molecule has 5 heteroatoms.